The Morgan fingerprint density at radius 1 is 1.06 bits per heavy atom. The van der Waals surface area contributed by atoms with Crippen LogP contribution in [0.1, 0.15) is 23.2 Å². The highest BCUT2D eigenvalue weighted by Gasteiger charge is 2.36. The average molecular weight is 442 g/mol. The second-order valence-corrected chi connectivity index (χ2v) is 6.57. The molecule has 10 heteroatoms. The topological polar surface area (TPSA) is 56.5 Å². The van der Waals surface area contributed by atoms with Crippen LogP contribution < -0.4 is 9.47 Å². The molecule has 0 aliphatic heterocycles. The molecular weight excluding hydrogens is 423 g/mol. The van der Waals surface area contributed by atoms with Crippen LogP contribution in [0.5, 0.6) is 11.6 Å². The summed E-state index contributed by atoms with van der Waals surface area (Å²) in [6, 6.07) is 6.29. The summed E-state index contributed by atoms with van der Waals surface area (Å²) in [5, 5.41) is 8.83. The van der Waals surface area contributed by atoms with E-state index in [0.29, 0.717) is 5.69 Å². The van der Waals surface area contributed by atoms with E-state index in [1.807, 2.05) is 0 Å². The number of rotatable bonds is 8. The third-order valence-corrected chi connectivity index (χ3v) is 4.60. The van der Waals surface area contributed by atoms with Gasteiger partial charge in [-0.2, -0.15) is 17.6 Å². The molecule has 0 unspecified atom stereocenters. The Morgan fingerprint density at radius 3 is 2.45 bits per heavy atom. The van der Waals surface area contributed by atoms with E-state index in [1.165, 1.54) is 42.3 Å². The summed E-state index contributed by atoms with van der Waals surface area (Å²) in [6.45, 7) is -0.850. The maximum Gasteiger partial charge on any atom is 0.418 e. The number of hydrogen-bond acceptors (Lipinski definition) is 4. The molecule has 0 fully saturated rings. The van der Waals surface area contributed by atoms with Gasteiger partial charge in [-0.3, -0.25) is 0 Å². The summed E-state index contributed by atoms with van der Waals surface area (Å²) in [5.74, 6) is -2.69. The molecule has 31 heavy (non-hydrogen) atoms. The van der Waals surface area contributed by atoms with Crippen LogP contribution in [-0.4, -0.2) is 28.4 Å². The molecule has 2 heterocycles. The maximum atomic E-state index is 14.3. The van der Waals surface area contributed by atoms with Crippen molar-refractivity contribution in [3.8, 4) is 17.3 Å². The third kappa shape index (κ3) is 4.96. The zero-order valence-corrected chi connectivity index (χ0v) is 16.4. The van der Waals surface area contributed by atoms with Crippen molar-refractivity contribution in [1.29, 1.82) is 0 Å². The lowest BCUT2D eigenvalue weighted by molar-refractivity contribution is -0.138. The van der Waals surface area contributed by atoms with Gasteiger partial charge in [-0.05, 0) is 36.6 Å². The first-order valence-corrected chi connectivity index (χ1v) is 9.24. The second-order valence-electron chi connectivity index (χ2n) is 6.57. The van der Waals surface area contributed by atoms with Crippen LogP contribution in [-0.2, 0) is 19.2 Å². The van der Waals surface area contributed by atoms with Crippen LogP contribution in [0.2, 0.25) is 0 Å². The maximum absolute atomic E-state index is 14.3. The Balaban J connectivity index is 1.91. The zero-order chi connectivity index (χ0) is 22.6. The fraction of sp³-hybridized carbons (Fsp3) is 0.286. The summed E-state index contributed by atoms with van der Waals surface area (Å²) in [5.41, 5.74) is -0.920. The zero-order valence-electron chi connectivity index (χ0n) is 16.4. The van der Waals surface area contributed by atoms with Crippen LogP contribution in [0, 0.1) is 11.6 Å². The molecule has 1 N–H and O–H groups in total. The molecule has 3 rings (SSSR count). The van der Waals surface area contributed by atoms with E-state index >= 15 is 0 Å². The lowest BCUT2D eigenvalue weighted by atomic mass is 10.1. The van der Waals surface area contributed by atoms with Crippen molar-refractivity contribution in [3.05, 3.63) is 71.2 Å². The fourth-order valence-corrected chi connectivity index (χ4v) is 3.04. The number of halogens is 5. The van der Waals surface area contributed by atoms with Crippen molar-refractivity contribution in [1.82, 2.24) is 9.55 Å². The number of aliphatic hydroxyl groups is 1. The SMILES string of the molecule is COc1ccc(-n2ccc(C(F)(F)F)c2COc2ccc(CCCO)c(F)c2F)cn1. The minimum atomic E-state index is -4.68. The van der Waals surface area contributed by atoms with Gasteiger partial charge in [0.1, 0.15) is 6.61 Å². The van der Waals surface area contributed by atoms with Gasteiger partial charge in [-0.25, -0.2) is 9.37 Å². The summed E-state index contributed by atoms with van der Waals surface area (Å²) in [6.07, 6.45) is -1.81. The number of aliphatic hydroxyl groups excluding tert-OH is 1. The van der Waals surface area contributed by atoms with Gasteiger partial charge in [0, 0.05) is 18.9 Å². The number of methoxy groups -OCH3 is 1. The van der Waals surface area contributed by atoms with Gasteiger partial charge < -0.3 is 19.1 Å². The number of pyridine rings is 1. The fourth-order valence-electron chi connectivity index (χ4n) is 3.04. The van der Waals surface area contributed by atoms with Crippen molar-refractivity contribution in [2.45, 2.75) is 25.6 Å². The standard InChI is InChI=1S/C21H19F5N2O3/c1-30-18-7-5-14(11-27-18)28-9-8-15(21(24,25)26)16(28)12-31-17-6-4-13(3-2-10-29)19(22)20(17)23/h4-9,11,29H,2-3,10,12H2,1H3. The summed E-state index contributed by atoms with van der Waals surface area (Å²) in [4.78, 5) is 3.97. The highest BCUT2D eigenvalue weighted by Crippen LogP contribution is 2.35. The number of ether oxygens (including phenoxy) is 2. The number of nitrogens with zero attached hydrogens (tertiary/aromatic N) is 2. The molecule has 3 aromatic rings. The molecule has 0 aliphatic rings. The van der Waals surface area contributed by atoms with Gasteiger partial charge in [0.05, 0.1) is 30.3 Å². The van der Waals surface area contributed by atoms with Crippen LogP contribution in [0.4, 0.5) is 22.0 Å². The van der Waals surface area contributed by atoms with Crippen molar-refractivity contribution in [3.63, 3.8) is 0 Å². The van der Waals surface area contributed by atoms with E-state index in [4.69, 9.17) is 14.6 Å². The highest BCUT2D eigenvalue weighted by atomic mass is 19.4. The predicted molar refractivity (Wildman–Crippen MR) is 101 cm³/mol. The molecule has 0 saturated carbocycles. The van der Waals surface area contributed by atoms with Crippen LogP contribution in [0.15, 0.2) is 42.7 Å². The molecule has 0 aliphatic carbocycles. The molecule has 1 aromatic carbocycles. The minimum Gasteiger partial charge on any atom is -0.484 e. The first-order chi connectivity index (χ1) is 14.8. The number of aromatic nitrogens is 2. The van der Waals surface area contributed by atoms with Crippen molar-refractivity contribution in [2.75, 3.05) is 13.7 Å². The van der Waals surface area contributed by atoms with Crippen molar-refractivity contribution < 1.29 is 36.5 Å². The van der Waals surface area contributed by atoms with Gasteiger partial charge in [0.15, 0.2) is 11.6 Å². The van der Waals surface area contributed by atoms with Gasteiger partial charge >= 0.3 is 6.18 Å². The Kier molecular flexibility index (Phi) is 6.79. The molecule has 0 saturated heterocycles. The number of alkyl halides is 3. The number of benzene rings is 1. The molecular formula is C21H19F5N2O3. The van der Waals surface area contributed by atoms with Gasteiger partial charge in [-0.15, -0.1) is 0 Å². The highest BCUT2D eigenvalue weighted by molar-refractivity contribution is 5.39. The Morgan fingerprint density at radius 2 is 1.84 bits per heavy atom. The molecule has 0 amide bonds. The van der Waals surface area contributed by atoms with E-state index in [9.17, 15) is 22.0 Å². The molecule has 0 atom stereocenters. The normalized spacial score (nSPS) is 11.6. The quantitative estimate of drug-likeness (QED) is 0.515. The summed E-state index contributed by atoms with van der Waals surface area (Å²) in [7, 11) is 1.40. The molecule has 2 aromatic heterocycles. The molecule has 0 spiro atoms. The first kappa shape index (κ1) is 22.5. The van der Waals surface area contributed by atoms with Gasteiger partial charge in [0.25, 0.3) is 0 Å². The largest absolute Gasteiger partial charge is 0.484 e. The van der Waals surface area contributed by atoms with Crippen LogP contribution in [0.3, 0.4) is 0 Å². The van der Waals surface area contributed by atoms with Gasteiger partial charge in [-0.1, -0.05) is 6.07 Å². The van der Waals surface area contributed by atoms with E-state index in [2.05, 4.69) is 4.98 Å². The number of hydrogen-bond donors (Lipinski definition) is 1. The monoisotopic (exact) mass is 442 g/mol. The van der Waals surface area contributed by atoms with E-state index in [0.717, 1.165) is 12.1 Å². The van der Waals surface area contributed by atoms with E-state index in [-0.39, 0.29) is 36.6 Å². The minimum absolute atomic E-state index is 0.0440. The van der Waals surface area contributed by atoms with E-state index < -0.39 is 35.7 Å². The van der Waals surface area contributed by atoms with E-state index in [1.54, 1.807) is 0 Å². The van der Waals surface area contributed by atoms with Gasteiger partial charge in [0.2, 0.25) is 11.7 Å². The lowest BCUT2D eigenvalue weighted by Crippen LogP contribution is -2.13. The third-order valence-electron chi connectivity index (χ3n) is 4.60. The molecule has 5 nitrogen and oxygen atoms in total. The number of aryl methyl sites for hydroxylation is 1. The van der Waals surface area contributed by atoms with Crippen LogP contribution in [0.25, 0.3) is 5.69 Å². The van der Waals surface area contributed by atoms with Crippen molar-refractivity contribution in [2.24, 2.45) is 0 Å². The summed E-state index contributed by atoms with van der Waals surface area (Å²) >= 11 is 0. The second kappa shape index (κ2) is 9.34. The molecule has 166 valence electrons. The Labute approximate surface area is 174 Å². The summed E-state index contributed by atoms with van der Waals surface area (Å²) < 4.78 is 80.4. The predicted octanol–water partition coefficient (Wildman–Crippen LogP) is 4.68. The van der Waals surface area contributed by atoms with Crippen LogP contribution >= 0.6 is 0 Å². The first-order valence-electron chi connectivity index (χ1n) is 9.24. The molecule has 0 radical (unpaired) electrons. The Hall–Kier alpha value is -3.14. The molecule has 0 bridgehead atoms. The van der Waals surface area contributed by atoms with Crippen molar-refractivity contribution >= 4 is 0 Å². The lowest BCUT2D eigenvalue weighted by Gasteiger charge is -2.15. The average Bonchev–Trinajstić information content (AvgIpc) is 3.18. The smallest absolute Gasteiger partial charge is 0.418 e. The Bertz CT molecular complexity index is 1030.